The summed E-state index contributed by atoms with van der Waals surface area (Å²) in [6, 6.07) is 7.96. The number of aromatic nitrogens is 1. The highest BCUT2D eigenvalue weighted by atomic mass is 16.2. The minimum Gasteiger partial charge on any atom is -0.356 e. The topological polar surface area (TPSA) is 80.8 Å². The molecule has 1 aromatic heterocycles. The lowest BCUT2D eigenvalue weighted by Gasteiger charge is -2.33. The monoisotopic (exact) mass is 466 g/mol. The third-order valence-corrected chi connectivity index (χ3v) is 6.86. The van der Waals surface area contributed by atoms with Gasteiger partial charge in [-0.2, -0.15) is 0 Å². The molecule has 0 atom stereocenters. The van der Waals surface area contributed by atoms with Gasteiger partial charge in [-0.25, -0.2) is 4.98 Å². The van der Waals surface area contributed by atoms with Crippen LogP contribution in [0.25, 0.3) is 10.9 Å². The fourth-order valence-electron chi connectivity index (χ4n) is 4.73. The minimum atomic E-state index is -0.147. The number of likely N-dealkylation sites (N-methyl/N-ethyl adjacent to an activating group) is 1. The van der Waals surface area contributed by atoms with E-state index in [0.717, 1.165) is 67.1 Å². The molecule has 2 aromatic rings. The summed E-state index contributed by atoms with van der Waals surface area (Å²) in [6.07, 6.45) is 3.91. The summed E-state index contributed by atoms with van der Waals surface area (Å²) < 4.78 is 0. The van der Waals surface area contributed by atoms with Crippen molar-refractivity contribution in [2.75, 3.05) is 69.6 Å². The lowest BCUT2D eigenvalue weighted by Crippen LogP contribution is -2.44. The molecule has 2 N–H and O–H groups in total. The molecule has 2 aliphatic heterocycles. The Bertz CT molecular complexity index is 996. The maximum atomic E-state index is 12.4. The Kier molecular flexibility index (Phi) is 8.34. The van der Waals surface area contributed by atoms with Gasteiger partial charge in [-0.1, -0.05) is 0 Å². The number of piperazine rings is 1. The van der Waals surface area contributed by atoms with Gasteiger partial charge in [0.25, 0.3) is 0 Å². The van der Waals surface area contributed by atoms with Crippen LogP contribution in [0.3, 0.4) is 0 Å². The Labute approximate surface area is 202 Å². The van der Waals surface area contributed by atoms with E-state index in [2.05, 4.69) is 45.4 Å². The van der Waals surface area contributed by atoms with Gasteiger partial charge in [-0.15, -0.1) is 0 Å². The van der Waals surface area contributed by atoms with E-state index in [1.54, 1.807) is 0 Å². The number of likely N-dealkylation sites (tertiary alicyclic amines) is 1. The molecular weight excluding hydrogens is 428 g/mol. The highest BCUT2D eigenvalue weighted by molar-refractivity contribution is 5.96. The zero-order valence-electron chi connectivity index (χ0n) is 20.6. The number of hydrogen-bond acceptors (Lipinski definition) is 6. The first-order valence-corrected chi connectivity index (χ1v) is 12.6. The predicted molar refractivity (Wildman–Crippen MR) is 137 cm³/mol. The fourth-order valence-corrected chi connectivity index (χ4v) is 4.73. The van der Waals surface area contributed by atoms with Gasteiger partial charge in [0.15, 0.2) is 0 Å². The maximum absolute atomic E-state index is 12.4. The van der Waals surface area contributed by atoms with E-state index < -0.39 is 0 Å². The van der Waals surface area contributed by atoms with Crippen molar-refractivity contribution in [1.82, 2.24) is 20.1 Å². The van der Waals surface area contributed by atoms with Crippen LogP contribution < -0.4 is 15.5 Å². The number of fused-ring (bicyclic) bond motifs is 1. The number of aryl methyl sites for hydroxylation is 1. The van der Waals surface area contributed by atoms with E-state index in [0.29, 0.717) is 6.54 Å². The molecule has 0 unspecified atom stereocenters. The van der Waals surface area contributed by atoms with Crippen LogP contribution >= 0.6 is 0 Å². The molecular formula is C26H38N6O2. The van der Waals surface area contributed by atoms with Crippen LogP contribution in [0, 0.1) is 6.92 Å². The van der Waals surface area contributed by atoms with Crippen molar-refractivity contribution >= 4 is 34.2 Å². The second-order valence-electron chi connectivity index (χ2n) is 9.62. The van der Waals surface area contributed by atoms with Crippen LogP contribution in [0.2, 0.25) is 0 Å². The molecule has 0 bridgehead atoms. The summed E-state index contributed by atoms with van der Waals surface area (Å²) >= 11 is 0. The van der Waals surface area contributed by atoms with Crippen molar-refractivity contribution in [1.29, 1.82) is 0 Å². The molecule has 184 valence electrons. The summed E-state index contributed by atoms with van der Waals surface area (Å²) in [5.41, 5.74) is 2.81. The van der Waals surface area contributed by atoms with Crippen molar-refractivity contribution < 1.29 is 9.59 Å². The van der Waals surface area contributed by atoms with Gasteiger partial charge in [0.05, 0.1) is 5.52 Å². The number of carbonyl (C=O) groups excluding carboxylic acids is 2. The Morgan fingerprint density at radius 2 is 1.71 bits per heavy atom. The van der Waals surface area contributed by atoms with Crippen molar-refractivity contribution in [2.24, 2.45) is 0 Å². The highest BCUT2D eigenvalue weighted by Gasteiger charge is 2.17. The number of nitrogens with zero attached hydrogens (tertiary/aromatic N) is 4. The molecule has 8 heteroatoms. The van der Waals surface area contributed by atoms with Crippen LogP contribution in [-0.2, 0) is 9.59 Å². The minimum absolute atomic E-state index is 0.0634. The molecule has 2 aliphatic rings. The van der Waals surface area contributed by atoms with E-state index in [9.17, 15) is 9.59 Å². The van der Waals surface area contributed by atoms with Crippen molar-refractivity contribution in [3.05, 3.63) is 29.8 Å². The van der Waals surface area contributed by atoms with Crippen LogP contribution in [0.4, 0.5) is 11.5 Å². The van der Waals surface area contributed by atoms with Gasteiger partial charge in [-0.05, 0) is 82.7 Å². The molecule has 0 radical (unpaired) electrons. The van der Waals surface area contributed by atoms with E-state index in [1.807, 2.05) is 18.2 Å². The Morgan fingerprint density at radius 1 is 0.971 bits per heavy atom. The van der Waals surface area contributed by atoms with Crippen LogP contribution in [0.15, 0.2) is 24.3 Å². The van der Waals surface area contributed by atoms with Crippen LogP contribution in [0.5, 0.6) is 0 Å². The van der Waals surface area contributed by atoms with Crippen molar-refractivity contribution in [2.45, 2.75) is 39.0 Å². The van der Waals surface area contributed by atoms with Gasteiger partial charge >= 0.3 is 0 Å². The number of hydrogen-bond donors (Lipinski definition) is 2. The first kappa shape index (κ1) is 24.4. The summed E-state index contributed by atoms with van der Waals surface area (Å²) in [6.45, 7) is 10.2. The Hall–Kier alpha value is -2.71. The number of rotatable bonds is 9. The summed E-state index contributed by atoms with van der Waals surface area (Å²) in [5, 5.41) is 6.90. The van der Waals surface area contributed by atoms with Gasteiger partial charge < -0.3 is 25.3 Å². The first-order valence-electron chi connectivity index (χ1n) is 12.6. The standard InChI is InChI=1S/C26H38N6O2/c1-20-18-24(32-16-14-30(2)15-17-32)29-23-7-6-21(19-22(20)23)28-26(34)9-8-25(33)27-10-5-13-31-11-3-4-12-31/h6-7,18-19H,3-5,8-17H2,1-2H3,(H,27,33)(H,28,34). The second kappa shape index (κ2) is 11.6. The Morgan fingerprint density at radius 3 is 2.47 bits per heavy atom. The zero-order valence-corrected chi connectivity index (χ0v) is 20.6. The van der Waals surface area contributed by atoms with Crippen LogP contribution in [-0.4, -0.2) is 86.0 Å². The molecule has 0 spiro atoms. The second-order valence-corrected chi connectivity index (χ2v) is 9.62. The van der Waals surface area contributed by atoms with Gasteiger partial charge in [0, 0.05) is 56.6 Å². The van der Waals surface area contributed by atoms with Crippen LogP contribution in [0.1, 0.15) is 37.7 Å². The SMILES string of the molecule is Cc1cc(N2CCN(C)CC2)nc2ccc(NC(=O)CCC(=O)NCCCN3CCCC3)cc12. The largest absolute Gasteiger partial charge is 0.356 e. The first-order chi connectivity index (χ1) is 16.5. The van der Waals surface area contributed by atoms with Gasteiger partial charge in [0.2, 0.25) is 11.8 Å². The Balaban J connectivity index is 1.24. The maximum Gasteiger partial charge on any atom is 0.224 e. The van der Waals surface area contributed by atoms with Crippen molar-refractivity contribution in [3.8, 4) is 0 Å². The third kappa shape index (κ3) is 6.67. The van der Waals surface area contributed by atoms with E-state index in [1.165, 1.54) is 25.9 Å². The number of pyridine rings is 1. The molecule has 8 nitrogen and oxygen atoms in total. The summed E-state index contributed by atoms with van der Waals surface area (Å²) in [7, 11) is 2.15. The molecule has 1 aromatic carbocycles. The quantitative estimate of drug-likeness (QED) is 0.553. The van der Waals surface area contributed by atoms with E-state index in [-0.39, 0.29) is 24.7 Å². The normalized spacial score (nSPS) is 17.3. The van der Waals surface area contributed by atoms with Gasteiger partial charge in [0.1, 0.15) is 5.82 Å². The lowest BCUT2D eigenvalue weighted by molar-refractivity contribution is -0.124. The highest BCUT2D eigenvalue weighted by Crippen LogP contribution is 2.26. The summed E-state index contributed by atoms with van der Waals surface area (Å²) in [4.78, 5) is 36.4. The molecule has 2 fully saturated rings. The molecule has 2 saturated heterocycles. The third-order valence-electron chi connectivity index (χ3n) is 6.86. The molecule has 2 amide bonds. The van der Waals surface area contributed by atoms with Gasteiger partial charge in [-0.3, -0.25) is 9.59 Å². The summed E-state index contributed by atoms with van der Waals surface area (Å²) in [5.74, 6) is 0.805. The zero-order chi connectivity index (χ0) is 23.9. The molecule has 4 rings (SSSR count). The molecule has 0 saturated carbocycles. The number of amides is 2. The molecule has 0 aliphatic carbocycles. The number of benzene rings is 1. The average Bonchev–Trinajstić information content (AvgIpc) is 3.35. The number of nitrogens with one attached hydrogen (secondary N) is 2. The number of carbonyl (C=O) groups is 2. The average molecular weight is 467 g/mol. The smallest absolute Gasteiger partial charge is 0.224 e. The fraction of sp³-hybridized carbons (Fsp3) is 0.577. The van der Waals surface area contributed by atoms with E-state index >= 15 is 0 Å². The number of anilines is 2. The predicted octanol–water partition coefficient (Wildman–Crippen LogP) is 2.62. The molecule has 34 heavy (non-hydrogen) atoms. The van der Waals surface area contributed by atoms with E-state index in [4.69, 9.17) is 4.98 Å². The lowest BCUT2D eigenvalue weighted by atomic mass is 10.1. The molecule has 3 heterocycles. The van der Waals surface area contributed by atoms with Crippen molar-refractivity contribution in [3.63, 3.8) is 0 Å².